The summed E-state index contributed by atoms with van der Waals surface area (Å²) in [5.41, 5.74) is 9.21. The zero-order chi connectivity index (χ0) is 14.1. The number of benzene rings is 1. The van der Waals surface area contributed by atoms with E-state index < -0.39 is 0 Å². The highest BCUT2D eigenvalue weighted by molar-refractivity contribution is 5.26. The van der Waals surface area contributed by atoms with Crippen molar-refractivity contribution in [3.05, 3.63) is 35.4 Å². The average Bonchev–Trinajstić information content (AvgIpc) is 3.24. The number of hydrogen-bond acceptors (Lipinski definition) is 2. The first-order chi connectivity index (χ1) is 9.67. The maximum Gasteiger partial charge on any atom is 0.0174 e. The van der Waals surface area contributed by atoms with Crippen LogP contribution >= 0.6 is 0 Å². The summed E-state index contributed by atoms with van der Waals surface area (Å²) in [5.74, 6) is 1.56. The van der Waals surface area contributed by atoms with Crippen molar-refractivity contribution in [3.8, 4) is 0 Å². The quantitative estimate of drug-likeness (QED) is 0.911. The number of piperidine rings is 1. The smallest absolute Gasteiger partial charge is 0.0174 e. The van der Waals surface area contributed by atoms with E-state index in [4.69, 9.17) is 5.73 Å². The second-order valence-electron chi connectivity index (χ2n) is 6.87. The summed E-state index contributed by atoms with van der Waals surface area (Å²) in [7, 11) is 0. The van der Waals surface area contributed by atoms with Crippen LogP contribution in [-0.2, 0) is 0 Å². The number of rotatable bonds is 4. The average molecular weight is 272 g/mol. The molecule has 1 aliphatic carbocycles. The monoisotopic (exact) mass is 272 g/mol. The van der Waals surface area contributed by atoms with Crippen LogP contribution in [0.3, 0.4) is 0 Å². The molecule has 1 saturated carbocycles. The summed E-state index contributed by atoms with van der Waals surface area (Å²) < 4.78 is 0. The first-order valence-electron chi connectivity index (χ1n) is 8.23. The molecular formula is C18H28N2. The molecule has 2 fully saturated rings. The number of nitrogens with two attached hydrogens (primary N) is 1. The van der Waals surface area contributed by atoms with Gasteiger partial charge in [-0.15, -0.1) is 0 Å². The van der Waals surface area contributed by atoms with Crippen LogP contribution in [0.5, 0.6) is 0 Å². The van der Waals surface area contributed by atoms with E-state index in [-0.39, 0.29) is 0 Å². The van der Waals surface area contributed by atoms with Gasteiger partial charge in [0.1, 0.15) is 0 Å². The molecule has 2 N–H and O–H groups in total. The lowest BCUT2D eigenvalue weighted by molar-refractivity contribution is 0.116. The molecule has 1 aromatic rings. The molecule has 1 aromatic carbocycles. The molecule has 3 rings (SSSR count). The van der Waals surface area contributed by atoms with Gasteiger partial charge in [0.15, 0.2) is 0 Å². The Hall–Kier alpha value is -0.860. The van der Waals surface area contributed by atoms with E-state index in [1.54, 1.807) is 0 Å². The minimum absolute atomic E-state index is 0.335. The van der Waals surface area contributed by atoms with Gasteiger partial charge in [-0.3, -0.25) is 4.90 Å². The molecule has 3 atom stereocenters. The molecule has 1 aliphatic heterocycles. The SMILES string of the molecule is CCC(C1CC1)N1CC(N)CC(c2cccc(C)c2)C1. The molecular weight excluding hydrogens is 244 g/mol. The first kappa shape index (κ1) is 14.1. The fraction of sp³-hybridized carbons (Fsp3) is 0.667. The second kappa shape index (κ2) is 5.87. The predicted molar refractivity (Wildman–Crippen MR) is 84.9 cm³/mol. The minimum atomic E-state index is 0.335. The van der Waals surface area contributed by atoms with Gasteiger partial charge in [0.25, 0.3) is 0 Å². The molecule has 3 unspecified atom stereocenters. The van der Waals surface area contributed by atoms with Crippen molar-refractivity contribution in [3.63, 3.8) is 0 Å². The molecule has 0 radical (unpaired) electrons. The van der Waals surface area contributed by atoms with Gasteiger partial charge in [0.05, 0.1) is 0 Å². The third-order valence-corrected chi connectivity index (χ3v) is 5.08. The lowest BCUT2D eigenvalue weighted by Crippen LogP contribution is -2.51. The number of aryl methyl sites for hydroxylation is 1. The normalized spacial score (nSPS) is 29.4. The highest BCUT2D eigenvalue weighted by atomic mass is 15.2. The largest absolute Gasteiger partial charge is 0.327 e. The molecule has 1 heterocycles. The van der Waals surface area contributed by atoms with Crippen molar-refractivity contribution < 1.29 is 0 Å². The fourth-order valence-electron chi connectivity index (χ4n) is 3.98. The van der Waals surface area contributed by atoms with Gasteiger partial charge in [0.2, 0.25) is 0 Å². The molecule has 0 amide bonds. The van der Waals surface area contributed by atoms with Gasteiger partial charge >= 0.3 is 0 Å². The Labute approximate surface area is 123 Å². The lowest BCUT2D eigenvalue weighted by atomic mass is 9.86. The Morgan fingerprint density at radius 2 is 2.10 bits per heavy atom. The molecule has 2 aliphatic rings. The van der Waals surface area contributed by atoms with Crippen molar-refractivity contribution in [2.45, 2.75) is 57.5 Å². The molecule has 0 aromatic heterocycles. The fourth-order valence-corrected chi connectivity index (χ4v) is 3.98. The highest BCUT2D eigenvalue weighted by Gasteiger charge is 2.37. The second-order valence-corrected chi connectivity index (χ2v) is 6.87. The van der Waals surface area contributed by atoms with E-state index in [9.17, 15) is 0 Å². The van der Waals surface area contributed by atoms with E-state index in [0.29, 0.717) is 12.0 Å². The zero-order valence-electron chi connectivity index (χ0n) is 12.9. The molecule has 2 nitrogen and oxygen atoms in total. The topological polar surface area (TPSA) is 29.3 Å². The zero-order valence-corrected chi connectivity index (χ0v) is 12.9. The summed E-state index contributed by atoms with van der Waals surface area (Å²) in [6, 6.07) is 10.1. The van der Waals surface area contributed by atoms with Crippen LogP contribution in [0.15, 0.2) is 24.3 Å². The summed E-state index contributed by atoms with van der Waals surface area (Å²) in [6.07, 6.45) is 5.28. The molecule has 110 valence electrons. The van der Waals surface area contributed by atoms with Crippen LogP contribution in [0.1, 0.15) is 49.7 Å². The van der Waals surface area contributed by atoms with Crippen LogP contribution in [0, 0.1) is 12.8 Å². The molecule has 2 heteroatoms. The standard InChI is InChI=1S/C18H28N2/c1-3-18(14-7-8-14)20-11-16(10-17(19)12-20)15-6-4-5-13(2)9-15/h4-6,9,14,16-18H,3,7-8,10-12,19H2,1-2H3. The van der Waals surface area contributed by atoms with Crippen LogP contribution in [0.4, 0.5) is 0 Å². The molecule has 0 bridgehead atoms. The summed E-state index contributed by atoms with van der Waals surface area (Å²) >= 11 is 0. The van der Waals surface area contributed by atoms with Gasteiger partial charge < -0.3 is 5.73 Å². The van der Waals surface area contributed by atoms with Crippen molar-refractivity contribution in [1.82, 2.24) is 4.90 Å². The summed E-state index contributed by atoms with van der Waals surface area (Å²) in [5, 5.41) is 0. The van der Waals surface area contributed by atoms with Gasteiger partial charge in [0, 0.05) is 25.2 Å². The van der Waals surface area contributed by atoms with Gasteiger partial charge in [-0.05, 0) is 50.0 Å². The number of nitrogens with zero attached hydrogens (tertiary/aromatic N) is 1. The van der Waals surface area contributed by atoms with Gasteiger partial charge in [-0.1, -0.05) is 36.8 Å². The minimum Gasteiger partial charge on any atom is -0.327 e. The van der Waals surface area contributed by atoms with Crippen molar-refractivity contribution in [1.29, 1.82) is 0 Å². The Morgan fingerprint density at radius 3 is 2.75 bits per heavy atom. The van der Waals surface area contributed by atoms with E-state index >= 15 is 0 Å². The molecule has 1 saturated heterocycles. The predicted octanol–water partition coefficient (Wildman–Crippen LogP) is 3.30. The number of hydrogen-bond donors (Lipinski definition) is 1. The molecule has 0 spiro atoms. The van der Waals surface area contributed by atoms with E-state index in [1.165, 1.54) is 36.9 Å². The van der Waals surface area contributed by atoms with E-state index in [0.717, 1.165) is 24.9 Å². The van der Waals surface area contributed by atoms with E-state index in [1.807, 2.05) is 0 Å². The van der Waals surface area contributed by atoms with Crippen LogP contribution < -0.4 is 5.73 Å². The van der Waals surface area contributed by atoms with Crippen LogP contribution in [0.25, 0.3) is 0 Å². The first-order valence-corrected chi connectivity index (χ1v) is 8.23. The van der Waals surface area contributed by atoms with Gasteiger partial charge in [-0.25, -0.2) is 0 Å². The maximum atomic E-state index is 6.36. The Balaban J connectivity index is 1.75. The summed E-state index contributed by atoms with van der Waals surface area (Å²) in [6.45, 7) is 6.82. The highest BCUT2D eigenvalue weighted by Crippen LogP contribution is 2.39. The Morgan fingerprint density at radius 1 is 1.30 bits per heavy atom. The Kier molecular flexibility index (Phi) is 4.13. The Bertz CT molecular complexity index is 452. The third kappa shape index (κ3) is 3.07. The third-order valence-electron chi connectivity index (χ3n) is 5.08. The maximum absolute atomic E-state index is 6.36. The lowest BCUT2D eigenvalue weighted by Gasteiger charge is -2.41. The van der Waals surface area contributed by atoms with Crippen molar-refractivity contribution in [2.24, 2.45) is 11.7 Å². The van der Waals surface area contributed by atoms with Gasteiger partial charge in [-0.2, -0.15) is 0 Å². The number of likely N-dealkylation sites (tertiary alicyclic amines) is 1. The summed E-state index contributed by atoms with van der Waals surface area (Å²) in [4.78, 5) is 2.69. The van der Waals surface area contributed by atoms with Crippen LogP contribution in [0.2, 0.25) is 0 Å². The van der Waals surface area contributed by atoms with Crippen LogP contribution in [-0.4, -0.2) is 30.1 Å². The molecule has 20 heavy (non-hydrogen) atoms. The van der Waals surface area contributed by atoms with Crippen molar-refractivity contribution >= 4 is 0 Å². The van der Waals surface area contributed by atoms with E-state index in [2.05, 4.69) is 43.0 Å². The van der Waals surface area contributed by atoms with Crippen molar-refractivity contribution in [2.75, 3.05) is 13.1 Å².